The van der Waals surface area contributed by atoms with Gasteiger partial charge in [-0.25, -0.2) is 30.3 Å². The lowest BCUT2D eigenvalue weighted by Crippen LogP contribution is -2.66. The Kier molecular flexibility index (Phi) is 7.18. The van der Waals surface area contributed by atoms with E-state index in [1.807, 2.05) is 0 Å². The molecule has 0 spiro atoms. The zero-order valence-corrected chi connectivity index (χ0v) is 23.4. The summed E-state index contributed by atoms with van der Waals surface area (Å²) in [5.74, 6) is -4.39. The minimum Gasteiger partial charge on any atom is -0.490 e. The largest absolute Gasteiger partial charge is 0.490 e. The maximum atomic E-state index is 15.7. The minimum atomic E-state index is -4.72. The molecule has 2 aliphatic heterocycles. The number of allylic oxidation sites excluding steroid dienone is 2. The topological polar surface area (TPSA) is 89.5 Å². The number of hydrogen-bond acceptors (Lipinski definition) is 5. The van der Waals surface area contributed by atoms with E-state index in [1.165, 1.54) is 12.2 Å². The van der Waals surface area contributed by atoms with Crippen molar-refractivity contribution in [3.8, 4) is 5.75 Å². The number of ether oxygens (including phenoxy) is 1. The first-order valence-corrected chi connectivity index (χ1v) is 15.9. The van der Waals surface area contributed by atoms with Gasteiger partial charge in [0.15, 0.2) is 21.4 Å². The number of alkyl halides is 3. The molecule has 5 rings (SSSR count). The third-order valence-corrected chi connectivity index (χ3v) is 13.7. The predicted molar refractivity (Wildman–Crippen MR) is 141 cm³/mol. The number of nitrogens with one attached hydrogen (secondary N) is 1. The molecule has 2 fully saturated rings. The number of rotatable bonds is 6. The Hall–Kier alpha value is -2.77. The van der Waals surface area contributed by atoms with Crippen LogP contribution in [0.1, 0.15) is 43.2 Å². The van der Waals surface area contributed by atoms with Gasteiger partial charge in [0.2, 0.25) is 10.0 Å². The second-order valence-electron chi connectivity index (χ2n) is 10.9. The highest BCUT2D eigenvalue weighted by molar-refractivity contribution is 7.92. The standard InChI is InChI=1S/C28H28F5NO5S2/c1-3-12-26(13-4-2)15-19-20-16-39-25-22(30)10-9-21(29)24(25)27(20,14-11-23(19)34-41(26,37)38)40(35,36)18-7-5-17(6-8-18)28(31,32)33/h3-10,19-20,23,34H,1-2,11-16H2/t19-,20+,23+,27+/m1/s1. The second-order valence-corrected chi connectivity index (χ2v) is 15.2. The number of sulfonamides is 1. The lowest BCUT2D eigenvalue weighted by atomic mass is 9.63. The molecule has 0 amide bonds. The van der Waals surface area contributed by atoms with Gasteiger partial charge < -0.3 is 4.74 Å². The van der Waals surface area contributed by atoms with Crippen molar-refractivity contribution < 1.29 is 43.5 Å². The van der Waals surface area contributed by atoms with Crippen molar-refractivity contribution in [1.82, 2.24) is 4.72 Å². The molecule has 1 N–H and O–H groups in total. The van der Waals surface area contributed by atoms with Crippen LogP contribution < -0.4 is 9.46 Å². The van der Waals surface area contributed by atoms with Gasteiger partial charge in [0, 0.05) is 12.0 Å². The average Bonchev–Trinajstić information content (AvgIpc) is 2.90. The summed E-state index contributed by atoms with van der Waals surface area (Å²) in [6.45, 7) is 6.98. The quantitative estimate of drug-likeness (QED) is 0.334. The molecule has 0 radical (unpaired) electrons. The first-order valence-electron chi connectivity index (χ1n) is 12.9. The highest BCUT2D eigenvalue weighted by Gasteiger charge is 2.66. The van der Waals surface area contributed by atoms with Gasteiger partial charge in [-0.05, 0) is 74.4 Å². The Balaban J connectivity index is 1.74. The molecule has 1 saturated carbocycles. The van der Waals surface area contributed by atoms with Gasteiger partial charge in [0.1, 0.15) is 10.6 Å². The van der Waals surface area contributed by atoms with Crippen molar-refractivity contribution in [3.63, 3.8) is 0 Å². The van der Waals surface area contributed by atoms with Gasteiger partial charge in [0.25, 0.3) is 0 Å². The van der Waals surface area contributed by atoms with E-state index in [-0.39, 0.29) is 38.7 Å². The van der Waals surface area contributed by atoms with E-state index in [0.717, 1.165) is 24.3 Å². The summed E-state index contributed by atoms with van der Waals surface area (Å²) in [7, 11) is -8.65. The van der Waals surface area contributed by atoms with Crippen LogP contribution in [0, 0.1) is 23.5 Å². The van der Waals surface area contributed by atoms with Gasteiger partial charge in [-0.15, -0.1) is 13.2 Å². The third kappa shape index (κ3) is 4.34. The molecule has 6 nitrogen and oxygen atoms in total. The van der Waals surface area contributed by atoms with Crippen LogP contribution in [0.15, 0.2) is 66.6 Å². The summed E-state index contributed by atoms with van der Waals surface area (Å²) >= 11 is 0. The van der Waals surface area contributed by atoms with E-state index in [9.17, 15) is 34.4 Å². The monoisotopic (exact) mass is 617 g/mol. The highest BCUT2D eigenvalue weighted by Crippen LogP contribution is 2.60. The second kappa shape index (κ2) is 9.91. The smallest absolute Gasteiger partial charge is 0.416 e. The van der Waals surface area contributed by atoms with Crippen molar-refractivity contribution in [2.45, 2.75) is 58.7 Å². The van der Waals surface area contributed by atoms with Crippen molar-refractivity contribution >= 4 is 19.9 Å². The maximum absolute atomic E-state index is 15.7. The Morgan fingerprint density at radius 3 is 2.22 bits per heavy atom. The number of sulfone groups is 1. The molecule has 1 saturated heterocycles. The molecule has 13 heteroatoms. The van der Waals surface area contributed by atoms with Crippen LogP contribution in [0.4, 0.5) is 22.0 Å². The molecule has 2 aromatic rings. The summed E-state index contributed by atoms with van der Waals surface area (Å²) < 4.78 is 131. The molecule has 0 aromatic heterocycles. The first-order chi connectivity index (χ1) is 19.1. The lowest BCUT2D eigenvalue weighted by Gasteiger charge is -2.56. The molecule has 3 aliphatic rings. The molecule has 222 valence electrons. The molecule has 2 aromatic carbocycles. The van der Waals surface area contributed by atoms with Crippen molar-refractivity contribution in [3.05, 3.63) is 84.5 Å². The molecule has 41 heavy (non-hydrogen) atoms. The maximum Gasteiger partial charge on any atom is 0.416 e. The zero-order chi connectivity index (χ0) is 30.0. The first kappa shape index (κ1) is 29.7. The summed E-state index contributed by atoms with van der Waals surface area (Å²) in [5, 5.41) is 0. The normalized spacial score (nSPS) is 28.4. The molecule has 4 atom stereocenters. The van der Waals surface area contributed by atoms with E-state index < -0.39 is 86.8 Å². The highest BCUT2D eigenvalue weighted by atomic mass is 32.2. The SMILES string of the molecule is C=CCC1(CC=C)C[C@H]2[C@H](CC[C@@]3(S(=O)(=O)c4ccc(C(F)(F)F)cc4)c4c(F)ccc(F)c4OC[C@@H]23)NS1(=O)=O. The average molecular weight is 618 g/mol. The van der Waals surface area contributed by atoms with Crippen LogP contribution >= 0.6 is 0 Å². The van der Waals surface area contributed by atoms with E-state index in [1.54, 1.807) is 0 Å². The zero-order valence-electron chi connectivity index (χ0n) is 21.8. The Bertz CT molecular complexity index is 1600. The summed E-state index contributed by atoms with van der Waals surface area (Å²) in [5.41, 5.74) is -1.60. The number of fused-ring (bicyclic) bond motifs is 5. The minimum absolute atomic E-state index is 0.0172. The van der Waals surface area contributed by atoms with E-state index in [2.05, 4.69) is 17.9 Å². The van der Waals surface area contributed by atoms with E-state index >= 15 is 4.39 Å². The fourth-order valence-corrected chi connectivity index (χ4v) is 11.4. The lowest BCUT2D eigenvalue weighted by molar-refractivity contribution is -0.137. The van der Waals surface area contributed by atoms with Crippen molar-refractivity contribution in [1.29, 1.82) is 0 Å². The summed E-state index contributed by atoms with van der Waals surface area (Å²) in [6.07, 6.45) is -2.21. The summed E-state index contributed by atoms with van der Waals surface area (Å²) in [4.78, 5) is -0.495. The molecule has 0 bridgehead atoms. The van der Waals surface area contributed by atoms with Crippen LogP contribution in [0.2, 0.25) is 0 Å². The fraction of sp³-hybridized carbons (Fsp3) is 0.429. The fourth-order valence-electron chi connectivity index (χ4n) is 7.00. The number of hydrogen-bond donors (Lipinski definition) is 1. The molecular formula is C28H28F5NO5S2. The van der Waals surface area contributed by atoms with Crippen LogP contribution in [-0.4, -0.2) is 34.2 Å². The molecule has 1 aliphatic carbocycles. The van der Waals surface area contributed by atoms with Gasteiger partial charge in [-0.1, -0.05) is 12.2 Å². The van der Waals surface area contributed by atoms with Crippen LogP contribution in [0.5, 0.6) is 5.75 Å². The van der Waals surface area contributed by atoms with Gasteiger partial charge in [0.05, 0.1) is 27.4 Å². The Morgan fingerprint density at radius 2 is 1.63 bits per heavy atom. The molecular weight excluding hydrogens is 589 g/mol. The Labute approximate surface area is 235 Å². The van der Waals surface area contributed by atoms with Crippen molar-refractivity contribution in [2.24, 2.45) is 11.8 Å². The predicted octanol–water partition coefficient (Wildman–Crippen LogP) is 5.65. The molecule has 0 unspecified atom stereocenters. The van der Waals surface area contributed by atoms with E-state index in [0.29, 0.717) is 12.1 Å². The number of halogens is 5. The summed E-state index contributed by atoms with van der Waals surface area (Å²) in [6, 6.07) is 3.74. The van der Waals surface area contributed by atoms with E-state index in [4.69, 9.17) is 4.74 Å². The van der Waals surface area contributed by atoms with Crippen molar-refractivity contribution in [2.75, 3.05) is 6.61 Å². The number of benzene rings is 2. The van der Waals surface area contributed by atoms with Crippen LogP contribution in [-0.2, 0) is 30.8 Å². The molecule has 2 heterocycles. The van der Waals surface area contributed by atoms with Gasteiger partial charge in [-0.3, -0.25) is 0 Å². The van der Waals surface area contributed by atoms with Gasteiger partial charge >= 0.3 is 6.18 Å². The van der Waals surface area contributed by atoms with Crippen LogP contribution in [0.25, 0.3) is 0 Å². The third-order valence-electron chi connectivity index (χ3n) is 8.84. The van der Waals surface area contributed by atoms with Crippen LogP contribution in [0.3, 0.4) is 0 Å². The Morgan fingerprint density at radius 1 is 1.02 bits per heavy atom. The van der Waals surface area contributed by atoms with Gasteiger partial charge in [-0.2, -0.15) is 13.2 Å².